The zero-order valence-corrected chi connectivity index (χ0v) is 18.4. The van der Waals surface area contributed by atoms with Crippen LogP contribution in [0.3, 0.4) is 0 Å². The Morgan fingerprint density at radius 1 is 1.07 bits per heavy atom. The molecular weight excluding hydrogens is 408 g/mol. The summed E-state index contributed by atoms with van der Waals surface area (Å²) in [6, 6.07) is 14.3. The fourth-order valence-electron chi connectivity index (χ4n) is 3.17. The lowest BCUT2D eigenvalue weighted by Gasteiger charge is -2.34. The van der Waals surface area contributed by atoms with Crippen LogP contribution in [0.2, 0.25) is 0 Å². The average Bonchev–Trinajstić information content (AvgIpc) is 2.67. The van der Waals surface area contributed by atoms with E-state index in [0.717, 1.165) is 4.90 Å². The molecule has 156 valence electrons. The maximum Gasteiger partial charge on any atom is 0.243 e. The second kappa shape index (κ2) is 9.30. The molecule has 8 heteroatoms. The third-order valence-corrected chi connectivity index (χ3v) is 7.41. The van der Waals surface area contributed by atoms with Crippen molar-refractivity contribution in [1.82, 2.24) is 4.31 Å². The summed E-state index contributed by atoms with van der Waals surface area (Å²) in [7, 11) is -3.59. The quantitative estimate of drug-likeness (QED) is 0.704. The first-order valence-electron chi connectivity index (χ1n) is 9.49. The first-order chi connectivity index (χ1) is 13.7. The van der Waals surface area contributed by atoms with Crippen LogP contribution in [0.1, 0.15) is 19.4 Å². The highest BCUT2D eigenvalue weighted by Crippen LogP contribution is 2.23. The van der Waals surface area contributed by atoms with Gasteiger partial charge in [0.1, 0.15) is 0 Å². The molecule has 1 fully saturated rings. The highest BCUT2D eigenvalue weighted by atomic mass is 32.2. The second-order valence-corrected chi connectivity index (χ2v) is 10.2. The fourth-order valence-corrected chi connectivity index (χ4v) is 5.46. The van der Waals surface area contributed by atoms with Gasteiger partial charge in [-0.1, -0.05) is 17.7 Å². The normalized spacial score (nSPS) is 20.4. The van der Waals surface area contributed by atoms with Crippen LogP contribution >= 0.6 is 11.8 Å². The molecule has 1 aliphatic heterocycles. The van der Waals surface area contributed by atoms with E-state index in [-0.39, 0.29) is 28.8 Å². The van der Waals surface area contributed by atoms with Gasteiger partial charge < -0.3 is 10.1 Å². The van der Waals surface area contributed by atoms with Crippen LogP contribution in [-0.4, -0.2) is 49.7 Å². The number of aryl methyl sites for hydroxylation is 1. The van der Waals surface area contributed by atoms with Crippen molar-refractivity contribution >= 4 is 33.4 Å². The van der Waals surface area contributed by atoms with Crippen molar-refractivity contribution < 1.29 is 17.9 Å². The zero-order valence-electron chi connectivity index (χ0n) is 16.8. The number of morpholine rings is 1. The minimum atomic E-state index is -3.59. The van der Waals surface area contributed by atoms with Gasteiger partial charge in [0.2, 0.25) is 15.9 Å². The van der Waals surface area contributed by atoms with Crippen LogP contribution in [0.25, 0.3) is 0 Å². The smallest absolute Gasteiger partial charge is 0.243 e. The standard InChI is InChI=1S/C21H26N2O4S2/c1-15-4-8-19(9-5-15)28-14-21(24)22-18-6-10-20(11-7-18)29(25,26)23-12-16(2)27-17(3)13-23/h4-11,16-17H,12-14H2,1-3H3,(H,22,24). The molecular formula is C21H26N2O4S2. The van der Waals surface area contributed by atoms with Gasteiger partial charge in [0.25, 0.3) is 0 Å². The molecule has 0 aromatic heterocycles. The molecule has 1 saturated heterocycles. The maximum absolute atomic E-state index is 12.9. The van der Waals surface area contributed by atoms with Gasteiger partial charge in [0, 0.05) is 23.7 Å². The van der Waals surface area contributed by atoms with Crippen LogP contribution in [0.15, 0.2) is 58.3 Å². The van der Waals surface area contributed by atoms with Crippen molar-refractivity contribution in [2.24, 2.45) is 0 Å². The molecule has 1 aliphatic rings. The molecule has 3 rings (SSSR count). The van der Waals surface area contributed by atoms with Crippen LogP contribution in [-0.2, 0) is 19.6 Å². The second-order valence-electron chi connectivity index (χ2n) is 7.25. The predicted octanol–water partition coefficient (Wildman–Crippen LogP) is 3.52. The van der Waals surface area contributed by atoms with Gasteiger partial charge in [0.15, 0.2) is 0 Å². The minimum Gasteiger partial charge on any atom is -0.373 e. The summed E-state index contributed by atoms with van der Waals surface area (Å²) in [5, 5.41) is 2.81. The summed E-state index contributed by atoms with van der Waals surface area (Å²) < 4.78 is 32.8. The topological polar surface area (TPSA) is 75.7 Å². The van der Waals surface area contributed by atoms with E-state index in [1.54, 1.807) is 12.1 Å². The van der Waals surface area contributed by atoms with Crippen molar-refractivity contribution in [1.29, 1.82) is 0 Å². The summed E-state index contributed by atoms with van der Waals surface area (Å²) in [6.07, 6.45) is -0.281. The lowest BCUT2D eigenvalue weighted by molar-refractivity contribution is -0.113. The predicted molar refractivity (Wildman–Crippen MR) is 116 cm³/mol. The van der Waals surface area contributed by atoms with Crippen molar-refractivity contribution in [2.75, 3.05) is 24.2 Å². The van der Waals surface area contributed by atoms with Crippen LogP contribution in [0, 0.1) is 6.92 Å². The van der Waals surface area contributed by atoms with Crippen molar-refractivity contribution in [3.05, 3.63) is 54.1 Å². The van der Waals surface area contributed by atoms with E-state index in [1.165, 1.54) is 33.8 Å². The Morgan fingerprint density at radius 2 is 1.66 bits per heavy atom. The Balaban J connectivity index is 1.59. The molecule has 2 atom stereocenters. The summed E-state index contributed by atoms with van der Waals surface area (Å²) >= 11 is 1.46. The average molecular weight is 435 g/mol. The Bertz CT molecular complexity index is 934. The lowest BCUT2D eigenvalue weighted by atomic mass is 10.2. The fraction of sp³-hybridized carbons (Fsp3) is 0.381. The molecule has 2 aromatic rings. The lowest BCUT2D eigenvalue weighted by Crippen LogP contribution is -2.48. The first kappa shape index (κ1) is 21.8. The van der Waals surface area contributed by atoms with Crippen LogP contribution < -0.4 is 5.32 Å². The number of nitrogens with one attached hydrogen (secondary N) is 1. The van der Waals surface area contributed by atoms with Gasteiger partial charge in [0.05, 0.1) is 22.9 Å². The van der Waals surface area contributed by atoms with Crippen molar-refractivity contribution in [3.63, 3.8) is 0 Å². The molecule has 29 heavy (non-hydrogen) atoms. The number of hydrogen-bond donors (Lipinski definition) is 1. The maximum atomic E-state index is 12.9. The van der Waals surface area contributed by atoms with E-state index in [9.17, 15) is 13.2 Å². The number of amides is 1. The molecule has 1 amide bonds. The number of thioether (sulfide) groups is 1. The molecule has 1 N–H and O–H groups in total. The van der Waals surface area contributed by atoms with Crippen LogP contribution in [0.4, 0.5) is 5.69 Å². The van der Waals surface area contributed by atoms with Gasteiger partial charge in [-0.05, 0) is 57.2 Å². The van der Waals surface area contributed by atoms with Crippen molar-refractivity contribution in [3.8, 4) is 0 Å². The zero-order chi connectivity index (χ0) is 21.0. The molecule has 6 nitrogen and oxygen atoms in total. The molecule has 0 bridgehead atoms. The number of benzene rings is 2. The monoisotopic (exact) mass is 434 g/mol. The molecule has 0 spiro atoms. The van der Waals surface area contributed by atoms with Crippen LogP contribution in [0.5, 0.6) is 0 Å². The number of anilines is 1. The molecule has 0 radical (unpaired) electrons. The number of rotatable bonds is 6. The highest BCUT2D eigenvalue weighted by Gasteiger charge is 2.32. The summed E-state index contributed by atoms with van der Waals surface area (Å²) in [6.45, 7) is 6.42. The Hall–Kier alpha value is -1.87. The van der Waals surface area contributed by atoms with Gasteiger partial charge in [-0.2, -0.15) is 4.31 Å². The Morgan fingerprint density at radius 3 is 2.24 bits per heavy atom. The molecule has 2 aromatic carbocycles. The Labute approximate surface area is 176 Å². The number of sulfonamides is 1. The number of carbonyl (C=O) groups excluding carboxylic acids is 1. The van der Waals surface area contributed by atoms with Gasteiger partial charge in [-0.15, -0.1) is 11.8 Å². The molecule has 2 unspecified atom stereocenters. The Kier molecular flexibility index (Phi) is 7.00. The highest BCUT2D eigenvalue weighted by molar-refractivity contribution is 8.00. The third-order valence-electron chi connectivity index (χ3n) is 4.55. The van der Waals surface area contributed by atoms with E-state index in [2.05, 4.69) is 5.32 Å². The summed E-state index contributed by atoms with van der Waals surface area (Å²) in [4.78, 5) is 13.4. The van der Waals surface area contributed by atoms with Gasteiger partial charge in [-0.3, -0.25) is 4.79 Å². The number of carbonyl (C=O) groups is 1. The van der Waals surface area contributed by atoms with E-state index in [1.807, 2.05) is 45.0 Å². The summed E-state index contributed by atoms with van der Waals surface area (Å²) in [5.74, 6) is 0.147. The van der Waals surface area contributed by atoms with E-state index >= 15 is 0 Å². The largest absolute Gasteiger partial charge is 0.373 e. The van der Waals surface area contributed by atoms with Gasteiger partial charge >= 0.3 is 0 Å². The minimum absolute atomic E-state index is 0.137. The molecule has 0 aliphatic carbocycles. The van der Waals surface area contributed by atoms with Gasteiger partial charge in [-0.25, -0.2) is 8.42 Å². The van der Waals surface area contributed by atoms with E-state index in [4.69, 9.17) is 4.74 Å². The summed E-state index contributed by atoms with van der Waals surface area (Å²) in [5.41, 5.74) is 1.75. The number of ether oxygens (including phenoxy) is 1. The number of hydrogen-bond acceptors (Lipinski definition) is 5. The van der Waals surface area contributed by atoms with E-state index < -0.39 is 10.0 Å². The first-order valence-corrected chi connectivity index (χ1v) is 11.9. The SMILES string of the molecule is Cc1ccc(SCC(=O)Nc2ccc(S(=O)(=O)N3CC(C)OC(C)C3)cc2)cc1. The number of nitrogens with zero attached hydrogens (tertiary/aromatic N) is 1. The third kappa shape index (κ3) is 5.82. The van der Waals surface area contributed by atoms with E-state index in [0.29, 0.717) is 18.8 Å². The van der Waals surface area contributed by atoms with Crippen molar-refractivity contribution in [2.45, 2.75) is 42.8 Å². The molecule has 1 heterocycles. The molecule has 0 saturated carbocycles.